The molecule has 0 saturated carbocycles. The summed E-state index contributed by atoms with van der Waals surface area (Å²) in [7, 11) is 2.17. The third kappa shape index (κ3) is 3.21. The van der Waals surface area contributed by atoms with Crippen LogP contribution in [0.2, 0.25) is 0 Å². The van der Waals surface area contributed by atoms with Gasteiger partial charge in [0.1, 0.15) is 0 Å². The second kappa shape index (κ2) is 5.85. The summed E-state index contributed by atoms with van der Waals surface area (Å²) < 4.78 is 0.995. The van der Waals surface area contributed by atoms with Crippen LogP contribution in [0.25, 0.3) is 0 Å². The lowest BCUT2D eigenvalue weighted by molar-refractivity contribution is 0.281. The second-order valence-corrected chi connectivity index (χ2v) is 5.43. The van der Waals surface area contributed by atoms with E-state index in [1.807, 2.05) is 6.07 Å². The van der Waals surface area contributed by atoms with Crippen molar-refractivity contribution in [2.24, 2.45) is 0 Å². The highest BCUT2D eigenvalue weighted by molar-refractivity contribution is 9.10. The van der Waals surface area contributed by atoms with Crippen LogP contribution in [0.15, 0.2) is 22.7 Å². The van der Waals surface area contributed by atoms with E-state index in [1.165, 1.54) is 18.7 Å². The molecule has 1 aliphatic heterocycles. The number of hydrogen-bond acceptors (Lipinski definition) is 3. The normalized spacial score (nSPS) is 18.2. The van der Waals surface area contributed by atoms with E-state index in [9.17, 15) is 0 Å². The zero-order chi connectivity index (χ0) is 12.3. The zero-order valence-corrected chi connectivity index (χ0v) is 11.8. The van der Waals surface area contributed by atoms with Crippen LogP contribution < -0.4 is 4.90 Å². The van der Waals surface area contributed by atoms with Crippen LogP contribution in [0.4, 0.5) is 5.69 Å². The van der Waals surface area contributed by atoms with Gasteiger partial charge in [-0.1, -0.05) is 22.0 Å². The molecule has 4 heteroatoms. The van der Waals surface area contributed by atoms with Gasteiger partial charge in [-0.25, -0.2) is 0 Å². The van der Waals surface area contributed by atoms with Crippen molar-refractivity contribution >= 4 is 21.6 Å². The van der Waals surface area contributed by atoms with Crippen molar-refractivity contribution in [1.29, 1.82) is 0 Å². The molecular formula is C13H19BrN2O. The third-order valence-corrected chi connectivity index (χ3v) is 4.03. The van der Waals surface area contributed by atoms with Crippen LogP contribution in [-0.4, -0.2) is 43.2 Å². The van der Waals surface area contributed by atoms with Crippen molar-refractivity contribution in [2.75, 3.05) is 38.1 Å². The molecule has 3 nitrogen and oxygen atoms in total. The predicted molar refractivity (Wildman–Crippen MR) is 74.4 cm³/mol. The van der Waals surface area contributed by atoms with Crippen LogP contribution in [0, 0.1) is 0 Å². The molecule has 1 aromatic rings. The summed E-state index contributed by atoms with van der Waals surface area (Å²) >= 11 is 3.51. The molecule has 1 N–H and O–H groups in total. The van der Waals surface area contributed by atoms with E-state index in [0.717, 1.165) is 29.7 Å². The summed E-state index contributed by atoms with van der Waals surface area (Å²) in [4.78, 5) is 4.78. The third-order valence-electron chi connectivity index (χ3n) is 3.29. The fraction of sp³-hybridized carbons (Fsp3) is 0.538. The van der Waals surface area contributed by atoms with Gasteiger partial charge in [0.2, 0.25) is 0 Å². The largest absolute Gasteiger partial charge is 0.392 e. The molecule has 2 rings (SSSR count). The number of hydrogen-bond donors (Lipinski definition) is 1. The second-order valence-electron chi connectivity index (χ2n) is 4.58. The molecule has 0 aliphatic carbocycles. The van der Waals surface area contributed by atoms with Crippen LogP contribution in [0.5, 0.6) is 0 Å². The number of rotatable bonds is 2. The number of likely N-dealkylation sites (N-methyl/N-ethyl adjacent to an activating group) is 1. The molecule has 17 heavy (non-hydrogen) atoms. The Morgan fingerprint density at radius 3 is 2.76 bits per heavy atom. The Morgan fingerprint density at radius 2 is 2.06 bits per heavy atom. The van der Waals surface area contributed by atoms with Crippen molar-refractivity contribution in [2.45, 2.75) is 13.0 Å². The average Bonchev–Trinajstić information content (AvgIpc) is 2.54. The van der Waals surface area contributed by atoms with E-state index in [1.54, 1.807) is 0 Å². The molecule has 0 radical (unpaired) electrons. The lowest BCUT2D eigenvalue weighted by Crippen LogP contribution is -2.28. The van der Waals surface area contributed by atoms with Gasteiger partial charge in [-0.3, -0.25) is 0 Å². The van der Waals surface area contributed by atoms with Gasteiger partial charge in [-0.15, -0.1) is 0 Å². The summed E-state index contributed by atoms with van der Waals surface area (Å²) in [6, 6.07) is 6.20. The van der Waals surface area contributed by atoms with Gasteiger partial charge in [0, 0.05) is 29.8 Å². The highest BCUT2D eigenvalue weighted by Crippen LogP contribution is 2.25. The Kier molecular flexibility index (Phi) is 4.42. The van der Waals surface area contributed by atoms with Crippen molar-refractivity contribution in [3.05, 3.63) is 28.2 Å². The summed E-state index contributed by atoms with van der Waals surface area (Å²) in [6.45, 7) is 4.55. The standard InChI is InChI=1S/C13H19BrN2O/c1-15-5-2-6-16(8-7-15)12-4-3-11(10-17)13(14)9-12/h3-4,9,17H,2,5-8,10H2,1H3. The summed E-state index contributed by atoms with van der Waals surface area (Å²) in [5, 5.41) is 9.15. The molecule has 0 bridgehead atoms. The van der Waals surface area contributed by atoms with E-state index < -0.39 is 0 Å². The summed E-state index contributed by atoms with van der Waals surface area (Å²) in [5.41, 5.74) is 2.19. The fourth-order valence-electron chi connectivity index (χ4n) is 2.17. The van der Waals surface area contributed by atoms with Crippen LogP contribution in [-0.2, 0) is 6.61 Å². The molecule has 94 valence electrons. The number of aliphatic hydroxyl groups is 1. The number of halogens is 1. The monoisotopic (exact) mass is 298 g/mol. The maximum absolute atomic E-state index is 9.15. The molecule has 0 unspecified atom stereocenters. The first-order chi connectivity index (χ1) is 8.20. The first-order valence-electron chi connectivity index (χ1n) is 6.03. The Labute approximate surface area is 111 Å². The minimum atomic E-state index is 0.0869. The lowest BCUT2D eigenvalue weighted by atomic mass is 10.2. The SMILES string of the molecule is CN1CCCN(c2ccc(CO)c(Br)c2)CC1. The zero-order valence-electron chi connectivity index (χ0n) is 10.2. The number of nitrogens with zero attached hydrogens (tertiary/aromatic N) is 2. The van der Waals surface area contributed by atoms with E-state index in [0.29, 0.717) is 0 Å². The van der Waals surface area contributed by atoms with Gasteiger partial charge >= 0.3 is 0 Å². The lowest BCUT2D eigenvalue weighted by Gasteiger charge is -2.23. The van der Waals surface area contributed by atoms with Gasteiger partial charge in [0.25, 0.3) is 0 Å². The Morgan fingerprint density at radius 1 is 1.24 bits per heavy atom. The highest BCUT2D eigenvalue weighted by atomic mass is 79.9. The van der Waals surface area contributed by atoms with Gasteiger partial charge in [0.05, 0.1) is 6.61 Å². The molecular weight excluding hydrogens is 280 g/mol. The van der Waals surface area contributed by atoms with Gasteiger partial charge in [-0.05, 0) is 37.7 Å². The van der Waals surface area contributed by atoms with Crippen molar-refractivity contribution in [1.82, 2.24) is 4.90 Å². The molecule has 1 heterocycles. The molecule has 1 saturated heterocycles. The van der Waals surface area contributed by atoms with E-state index in [4.69, 9.17) is 5.11 Å². The molecule has 1 fully saturated rings. The fourth-order valence-corrected chi connectivity index (χ4v) is 2.66. The minimum absolute atomic E-state index is 0.0869. The number of aliphatic hydroxyl groups excluding tert-OH is 1. The van der Waals surface area contributed by atoms with Gasteiger partial charge in [-0.2, -0.15) is 0 Å². The Bertz CT molecular complexity index is 384. The van der Waals surface area contributed by atoms with Crippen molar-refractivity contribution < 1.29 is 5.11 Å². The Hall–Kier alpha value is -0.580. The first-order valence-corrected chi connectivity index (χ1v) is 6.83. The smallest absolute Gasteiger partial charge is 0.0692 e. The van der Waals surface area contributed by atoms with Gasteiger partial charge < -0.3 is 14.9 Å². The van der Waals surface area contributed by atoms with Crippen LogP contribution in [0.3, 0.4) is 0 Å². The predicted octanol–water partition coefficient (Wildman–Crippen LogP) is 2.08. The molecule has 1 aromatic carbocycles. The molecule has 0 aromatic heterocycles. The topological polar surface area (TPSA) is 26.7 Å². The van der Waals surface area contributed by atoms with Crippen molar-refractivity contribution in [3.8, 4) is 0 Å². The maximum atomic E-state index is 9.15. The number of benzene rings is 1. The average molecular weight is 299 g/mol. The van der Waals surface area contributed by atoms with Crippen LogP contribution in [0.1, 0.15) is 12.0 Å². The van der Waals surface area contributed by atoms with Crippen molar-refractivity contribution in [3.63, 3.8) is 0 Å². The maximum Gasteiger partial charge on any atom is 0.0692 e. The first kappa shape index (κ1) is 12.9. The van der Waals surface area contributed by atoms with Gasteiger partial charge in [0.15, 0.2) is 0 Å². The van der Waals surface area contributed by atoms with E-state index >= 15 is 0 Å². The summed E-state index contributed by atoms with van der Waals surface area (Å²) in [6.07, 6.45) is 1.20. The minimum Gasteiger partial charge on any atom is -0.392 e. The van der Waals surface area contributed by atoms with Crippen LogP contribution >= 0.6 is 15.9 Å². The van der Waals surface area contributed by atoms with E-state index in [2.05, 4.69) is 44.9 Å². The molecule has 0 spiro atoms. The number of anilines is 1. The quantitative estimate of drug-likeness (QED) is 0.906. The molecule has 0 amide bonds. The highest BCUT2D eigenvalue weighted by Gasteiger charge is 2.13. The summed E-state index contributed by atoms with van der Waals surface area (Å²) in [5.74, 6) is 0. The molecule has 0 atom stereocenters. The Balaban J connectivity index is 2.13. The van der Waals surface area contributed by atoms with E-state index in [-0.39, 0.29) is 6.61 Å². The molecule has 1 aliphatic rings.